The van der Waals surface area contributed by atoms with Crippen LogP contribution in [0, 0.1) is 11.3 Å². The maximum Gasteiger partial charge on any atom is 0.254 e. The summed E-state index contributed by atoms with van der Waals surface area (Å²) >= 11 is 1.60. The summed E-state index contributed by atoms with van der Waals surface area (Å²) in [6, 6.07) is 16.6. The summed E-state index contributed by atoms with van der Waals surface area (Å²) in [6.45, 7) is 1.96. The molecule has 0 saturated heterocycles. The fourth-order valence-electron chi connectivity index (χ4n) is 2.34. The molecule has 0 bridgehead atoms. The fourth-order valence-corrected chi connectivity index (χ4v) is 3.40. The van der Waals surface area contributed by atoms with Gasteiger partial charge in [-0.1, -0.05) is 18.2 Å². The van der Waals surface area contributed by atoms with E-state index < -0.39 is 0 Å². The van der Waals surface area contributed by atoms with E-state index in [1.54, 1.807) is 47.5 Å². The summed E-state index contributed by atoms with van der Waals surface area (Å²) in [5.41, 5.74) is 1.95. The monoisotopic (exact) mass is 321 g/mol. The van der Waals surface area contributed by atoms with Crippen molar-refractivity contribution in [3.8, 4) is 6.07 Å². The number of amides is 1. The molecule has 1 amide bonds. The maximum absolute atomic E-state index is 12.6. The topological polar surface area (TPSA) is 57.0 Å². The fraction of sp³-hybridized carbons (Fsp3) is 0.167. The number of para-hydroxylation sites is 1. The van der Waals surface area contributed by atoms with Crippen LogP contribution in [-0.4, -0.2) is 22.8 Å². The lowest BCUT2D eigenvalue weighted by Gasteiger charge is -2.23. The number of benzene rings is 2. The second kappa shape index (κ2) is 6.19. The van der Waals surface area contributed by atoms with Gasteiger partial charge in [-0.05, 0) is 37.3 Å². The van der Waals surface area contributed by atoms with Crippen LogP contribution in [0.3, 0.4) is 0 Å². The highest BCUT2D eigenvalue weighted by Crippen LogP contribution is 2.29. The van der Waals surface area contributed by atoms with Crippen molar-refractivity contribution >= 4 is 27.5 Å². The Morgan fingerprint density at radius 1 is 1.26 bits per heavy atom. The lowest BCUT2D eigenvalue weighted by molar-refractivity contribution is 0.0742. The first-order valence-electron chi connectivity index (χ1n) is 7.23. The average molecular weight is 321 g/mol. The zero-order valence-corrected chi connectivity index (χ0v) is 13.7. The van der Waals surface area contributed by atoms with E-state index in [9.17, 15) is 4.79 Å². The third kappa shape index (κ3) is 2.94. The predicted octanol–water partition coefficient (Wildman–Crippen LogP) is 4.00. The van der Waals surface area contributed by atoms with E-state index in [0.717, 1.165) is 15.2 Å². The molecule has 3 rings (SSSR count). The molecule has 23 heavy (non-hydrogen) atoms. The van der Waals surface area contributed by atoms with Gasteiger partial charge in [0.1, 0.15) is 5.01 Å². The lowest BCUT2D eigenvalue weighted by atomic mass is 10.1. The third-order valence-corrected chi connectivity index (χ3v) is 5.01. The summed E-state index contributed by atoms with van der Waals surface area (Å²) in [6.07, 6.45) is 0. The van der Waals surface area contributed by atoms with Crippen molar-refractivity contribution in [2.75, 3.05) is 7.05 Å². The first kappa shape index (κ1) is 15.2. The Morgan fingerprint density at radius 2 is 2.04 bits per heavy atom. The number of rotatable bonds is 3. The van der Waals surface area contributed by atoms with Gasteiger partial charge in [-0.25, -0.2) is 4.98 Å². The first-order valence-corrected chi connectivity index (χ1v) is 8.04. The lowest BCUT2D eigenvalue weighted by Crippen LogP contribution is -2.29. The van der Waals surface area contributed by atoms with Crippen molar-refractivity contribution in [3.63, 3.8) is 0 Å². The summed E-state index contributed by atoms with van der Waals surface area (Å²) in [7, 11) is 1.76. The Labute approximate surface area is 138 Å². The molecular weight excluding hydrogens is 306 g/mol. The van der Waals surface area contributed by atoms with Crippen molar-refractivity contribution in [3.05, 3.63) is 64.7 Å². The standard InChI is InChI=1S/C18H15N3OS/c1-12(17-20-15-8-3-4-9-16(15)23-17)21(2)18(22)14-7-5-6-13(10-14)11-19/h3-10,12H,1-2H3/t12-/m1/s1. The van der Waals surface area contributed by atoms with Gasteiger partial charge in [0.25, 0.3) is 5.91 Å². The second-order valence-corrected chi connectivity index (χ2v) is 6.37. The van der Waals surface area contributed by atoms with E-state index in [1.165, 1.54) is 0 Å². The van der Waals surface area contributed by atoms with E-state index in [0.29, 0.717) is 11.1 Å². The van der Waals surface area contributed by atoms with Crippen LogP contribution in [0.4, 0.5) is 0 Å². The molecule has 0 N–H and O–H groups in total. The van der Waals surface area contributed by atoms with Gasteiger partial charge in [-0.2, -0.15) is 5.26 Å². The molecule has 0 spiro atoms. The Hall–Kier alpha value is -2.71. The van der Waals surface area contributed by atoms with Crippen LogP contribution >= 0.6 is 11.3 Å². The van der Waals surface area contributed by atoms with Crippen molar-refractivity contribution < 1.29 is 4.79 Å². The molecule has 1 heterocycles. The number of nitrogens with zero attached hydrogens (tertiary/aromatic N) is 3. The van der Waals surface area contributed by atoms with Gasteiger partial charge >= 0.3 is 0 Å². The SMILES string of the molecule is C[C@H](c1nc2ccccc2s1)N(C)C(=O)c1cccc(C#N)c1. The highest BCUT2D eigenvalue weighted by molar-refractivity contribution is 7.18. The zero-order chi connectivity index (χ0) is 16.4. The molecule has 1 atom stereocenters. The molecule has 0 aliphatic carbocycles. The number of nitriles is 1. The minimum absolute atomic E-state index is 0.117. The molecule has 0 saturated carbocycles. The molecule has 4 nitrogen and oxygen atoms in total. The van der Waals surface area contributed by atoms with E-state index in [1.807, 2.05) is 31.2 Å². The van der Waals surface area contributed by atoms with Crippen molar-refractivity contribution in [2.45, 2.75) is 13.0 Å². The van der Waals surface area contributed by atoms with Crippen molar-refractivity contribution in [2.24, 2.45) is 0 Å². The number of fused-ring (bicyclic) bond motifs is 1. The van der Waals surface area contributed by atoms with Crippen LogP contribution in [0.25, 0.3) is 10.2 Å². The van der Waals surface area contributed by atoms with E-state index in [4.69, 9.17) is 5.26 Å². The quantitative estimate of drug-likeness (QED) is 0.732. The predicted molar refractivity (Wildman–Crippen MR) is 91.3 cm³/mol. The molecule has 0 fully saturated rings. The third-order valence-electron chi connectivity index (χ3n) is 3.81. The van der Waals surface area contributed by atoms with Crippen molar-refractivity contribution in [1.82, 2.24) is 9.88 Å². The molecule has 3 aromatic rings. The number of carbonyl (C=O) groups excluding carboxylic acids is 1. The Bertz CT molecular complexity index is 877. The van der Waals surface area contributed by atoms with Gasteiger partial charge in [0.15, 0.2) is 0 Å². The van der Waals surface area contributed by atoms with E-state index in [-0.39, 0.29) is 11.9 Å². The molecular formula is C18H15N3OS. The van der Waals surface area contributed by atoms with Gasteiger partial charge in [-0.15, -0.1) is 11.3 Å². The van der Waals surface area contributed by atoms with Crippen molar-refractivity contribution in [1.29, 1.82) is 5.26 Å². The number of carbonyl (C=O) groups is 1. The van der Waals surface area contributed by atoms with Crippen LogP contribution in [-0.2, 0) is 0 Å². The molecule has 114 valence electrons. The van der Waals surface area contributed by atoms with Gasteiger partial charge < -0.3 is 4.90 Å². The number of hydrogen-bond donors (Lipinski definition) is 0. The smallest absolute Gasteiger partial charge is 0.254 e. The van der Waals surface area contributed by atoms with E-state index >= 15 is 0 Å². The molecule has 1 aromatic heterocycles. The first-order chi connectivity index (χ1) is 11.1. The van der Waals surface area contributed by atoms with E-state index in [2.05, 4.69) is 11.1 Å². The van der Waals surface area contributed by atoms with Gasteiger partial charge in [0, 0.05) is 12.6 Å². The van der Waals surface area contributed by atoms with Gasteiger partial charge in [-0.3, -0.25) is 4.79 Å². The molecule has 0 aliphatic heterocycles. The van der Waals surface area contributed by atoms with Crippen LogP contribution in [0.15, 0.2) is 48.5 Å². The number of aromatic nitrogens is 1. The van der Waals surface area contributed by atoms with Gasteiger partial charge in [0.05, 0.1) is 27.9 Å². The minimum atomic E-state index is -0.134. The summed E-state index contributed by atoms with van der Waals surface area (Å²) in [5.74, 6) is -0.117. The highest BCUT2D eigenvalue weighted by Gasteiger charge is 2.21. The molecule has 0 unspecified atom stereocenters. The van der Waals surface area contributed by atoms with Crippen LogP contribution in [0.5, 0.6) is 0 Å². The average Bonchev–Trinajstić information content (AvgIpc) is 3.04. The van der Waals surface area contributed by atoms with Gasteiger partial charge in [0.2, 0.25) is 0 Å². The normalized spacial score (nSPS) is 11.9. The maximum atomic E-state index is 12.6. The number of hydrogen-bond acceptors (Lipinski definition) is 4. The summed E-state index contributed by atoms with van der Waals surface area (Å²) in [4.78, 5) is 18.9. The second-order valence-electron chi connectivity index (χ2n) is 5.30. The Morgan fingerprint density at radius 3 is 2.78 bits per heavy atom. The zero-order valence-electron chi connectivity index (χ0n) is 12.9. The summed E-state index contributed by atoms with van der Waals surface area (Å²) < 4.78 is 1.11. The Kier molecular flexibility index (Phi) is 4.09. The Balaban J connectivity index is 1.87. The molecule has 5 heteroatoms. The summed E-state index contributed by atoms with van der Waals surface area (Å²) in [5, 5.41) is 9.87. The largest absolute Gasteiger partial charge is 0.333 e. The van der Waals surface area contributed by atoms with Crippen LogP contribution < -0.4 is 0 Å². The minimum Gasteiger partial charge on any atom is -0.333 e. The molecule has 2 aromatic carbocycles. The van der Waals surface area contributed by atoms with Crippen LogP contribution in [0.1, 0.15) is 33.9 Å². The van der Waals surface area contributed by atoms with Crippen LogP contribution in [0.2, 0.25) is 0 Å². The molecule has 0 aliphatic rings. The molecule has 0 radical (unpaired) electrons. The highest BCUT2D eigenvalue weighted by atomic mass is 32.1. The number of thiazole rings is 1.